The Morgan fingerprint density at radius 2 is 1.63 bits per heavy atom. The number of benzene rings is 1. The lowest BCUT2D eigenvalue weighted by atomic mass is 9.78. The zero-order chi connectivity index (χ0) is 14.3. The zero-order valence-electron chi connectivity index (χ0n) is 13.4. The first-order valence-electron chi connectivity index (χ1n) is 7.87. The molecule has 0 fully saturated rings. The average Bonchev–Trinajstić information content (AvgIpc) is 2.41. The van der Waals surface area contributed by atoms with Gasteiger partial charge in [0.15, 0.2) is 0 Å². The van der Waals surface area contributed by atoms with Gasteiger partial charge in [-0.1, -0.05) is 65.3 Å². The van der Waals surface area contributed by atoms with E-state index in [-0.39, 0.29) is 0 Å². The molecular weight excluding hydrogens is 230 g/mol. The summed E-state index contributed by atoms with van der Waals surface area (Å²) in [7, 11) is 0. The molecule has 0 saturated carbocycles. The van der Waals surface area contributed by atoms with E-state index in [2.05, 4.69) is 64.2 Å². The van der Waals surface area contributed by atoms with Gasteiger partial charge in [-0.2, -0.15) is 0 Å². The second-order valence-electron chi connectivity index (χ2n) is 6.22. The lowest BCUT2D eigenvalue weighted by molar-refractivity contribution is 0.234. The van der Waals surface area contributed by atoms with Crippen molar-refractivity contribution in [2.24, 2.45) is 5.41 Å². The van der Waals surface area contributed by atoms with Gasteiger partial charge in [0.05, 0.1) is 0 Å². The van der Waals surface area contributed by atoms with Crippen LogP contribution < -0.4 is 5.32 Å². The van der Waals surface area contributed by atoms with E-state index in [1.165, 1.54) is 36.8 Å². The minimum atomic E-state index is 0.293. The van der Waals surface area contributed by atoms with Crippen LogP contribution in [0.25, 0.3) is 0 Å². The van der Waals surface area contributed by atoms with Crippen molar-refractivity contribution >= 4 is 0 Å². The van der Waals surface area contributed by atoms with Crippen LogP contribution in [0.1, 0.15) is 71.0 Å². The maximum absolute atomic E-state index is 3.73. The zero-order valence-corrected chi connectivity index (χ0v) is 13.4. The molecule has 1 N–H and O–H groups in total. The molecule has 1 atom stereocenters. The highest BCUT2D eigenvalue weighted by Crippen LogP contribution is 2.36. The van der Waals surface area contributed by atoms with E-state index in [1.807, 2.05) is 0 Å². The summed E-state index contributed by atoms with van der Waals surface area (Å²) in [6.45, 7) is 12.6. The van der Waals surface area contributed by atoms with E-state index >= 15 is 0 Å². The van der Waals surface area contributed by atoms with Crippen LogP contribution in [-0.4, -0.2) is 6.54 Å². The van der Waals surface area contributed by atoms with Gasteiger partial charge in [0, 0.05) is 6.04 Å². The van der Waals surface area contributed by atoms with Gasteiger partial charge >= 0.3 is 0 Å². The Kier molecular flexibility index (Phi) is 6.57. The smallest absolute Gasteiger partial charge is 0.0371 e. The fourth-order valence-corrected chi connectivity index (χ4v) is 2.50. The Morgan fingerprint density at radius 3 is 2.11 bits per heavy atom. The first-order valence-corrected chi connectivity index (χ1v) is 7.87. The first-order chi connectivity index (χ1) is 9.05. The molecule has 0 aliphatic carbocycles. The third-order valence-corrected chi connectivity index (χ3v) is 4.14. The molecule has 1 unspecified atom stereocenters. The largest absolute Gasteiger partial charge is 0.309 e. The standard InChI is InChI=1S/C18H31N/c1-6-9-15-10-12-16(13-11-15)17(19-14-7-2)18(4,5)8-3/h10-13,17,19H,6-9,14H2,1-5H3. The van der Waals surface area contributed by atoms with Crippen molar-refractivity contribution in [3.8, 4) is 0 Å². The van der Waals surface area contributed by atoms with Crippen LogP contribution in [0.4, 0.5) is 0 Å². The molecule has 0 aliphatic heterocycles. The van der Waals surface area contributed by atoms with E-state index < -0.39 is 0 Å². The van der Waals surface area contributed by atoms with Gasteiger partial charge in [-0.25, -0.2) is 0 Å². The van der Waals surface area contributed by atoms with Crippen LogP contribution in [-0.2, 0) is 6.42 Å². The summed E-state index contributed by atoms with van der Waals surface area (Å²) in [5.74, 6) is 0. The van der Waals surface area contributed by atoms with Gasteiger partial charge in [0.2, 0.25) is 0 Å². The van der Waals surface area contributed by atoms with Crippen LogP contribution in [0.15, 0.2) is 24.3 Å². The second kappa shape index (κ2) is 7.69. The van der Waals surface area contributed by atoms with Gasteiger partial charge < -0.3 is 5.32 Å². The van der Waals surface area contributed by atoms with Gasteiger partial charge in [-0.05, 0) is 42.3 Å². The molecule has 0 heterocycles. The molecule has 0 spiro atoms. The molecule has 1 aromatic carbocycles. The molecule has 0 aromatic heterocycles. The van der Waals surface area contributed by atoms with E-state index in [9.17, 15) is 0 Å². The molecule has 1 rings (SSSR count). The normalized spacial score (nSPS) is 13.5. The lowest BCUT2D eigenvalue weighted by Crippen LogP contribution is -2.34. The summed E-state index contributed by atoms with van der Waals surface area (Å²) in [6.07, 6.45) is 4.77. The molecule has 0 amide bonds. The minimum absolute atomic E-state index is 0.293. The van der Waals surface area contributed by atoms with Crippen molar-refractivity contribution in [1.29, 1.82) is 0 Å². The Morgan fingerprint density at radius 1 is 1.00 bits per heavy atom. The molecule has 1 aromatic rings. The summed E-state index contributed by atoms with van der Waals surface area (Å²) < 4.78 is 0. The number of hydrogen-bond donors (Lipinski definition) is 1. The molecule has 108 valence electrons. The summed E-state index contributed by atoms with van der Waals surface area (Å²) in [5.41, 5.74) is 3.18. The molecule has 1 nitrogen and oxygen atoms in total. The van der Waals surface area contributed by atoms with Crippen molar-refractivity contribution < 1.29 is 0 Å². The first kappa shape index (κ1) is 16.2. The number of aryl methyl sites for hydroxylation is 1. The molecule has 0 radical (unpaired) electrons. The summed E-state index contributed by atoms with van der Waals surface area (Å²) in [5, 5.41) is 3.73. The molecular formula is C18H31N. The van der Waals surface area contributed by atoms with Crippen LogP contribution in [0, 0.1) is 5.41 Å². The van der Waals surface area contributed by atoms with Gasteiger partial charge in [-0.3, -0.25) is 0 Å². The maximum Gasteiger partial charge on any atom is 0.0371 e. The average molecular weight is 261 g/mol. The summed E-state index contributed by atoms with van der Waals surface area (Å²) in [4.78, 5) is 0. The third-order valence-electron chi connectivity index (χ3n) is 4.14. The van der Waals surface area contributed by atoms with E-state index in [0.717, 1.165) is 6.54 Å². The van der Waals surface area contributed by atoms with E-state index in [1.54, 1.807) is 0 Å². The Hall–Kier alpha value is -0.820. The lowest BCUT2D eigenvalue weighted by Gasteiger charge is -2.35. The van der Waals surface area contributed by atoms with Gasteiger partial charge in [0.25, 0.3) is 0 Å². The Bertz CT molecular complexity index is 350. The fourth-order valence-electron chi connectivity index (χ4n) is 2.50. The fraction of sp³-hybridized carbons (Fsp3) is 0.667. The van der Waals surface area contributed by atoms with Crippen LogP contribution in [0.5, 0.6) is 0 Å². The van der Waals surface area contributed by atoms with Crippen molar-refractivity contribution in [2.75, 3.05) is 6.54 Å². The topological polar surface area (TPSA) is 12.0 Å². The summed E-state index contributed by atoms with van der Waals surface area (Å²) in [6, 6.07) is 9.68. The molecule has 0 saturated heterocycles. The van der Waals surface area contributed by atoms with Crippen molar-refractivity contribution in [2.45, 2.75) is 66.3 Å². The monoisotopic (exact) mass is 261 g/mol. The highest BCUT2D eigenvalue weighted by atomic mass is 14.9. The molecule has 0 aliphatic rings. The van der Waals surface area contributed by atoms with Crippen molar-refractivity contribution in [3.05, 3.63) is 35.4 Å². The quantitative estimate of drug-likeness (QED) is 0.685. The molecule has 0 bridgehead atoms. The van der Waals surface area contributed by atoms with E-state index in [4.69, 9.17) is 0 Å². The minimum Gasteiger partial charge on any atom is -0.309 e. The van der Waals surface area contributed by atoms with Gasteiger partial charge in [-0.15, -0.1) is 0 Å². The molecule has 1 heteroatoms. The predicted octanol–water partition coefficient (Wildman–Crippen LogP) is 5.12. The van der Waals surface area contributed by atoms with Crippen LogP contribution in [0.3, 0.4) is 0 Å². The predicted molar refractivity (Wildman–Crippen MR) is 85.5 cm³/mol. The van der Waals surface area contributed by atoms with E-state index in [0.29, 0.717) is 11.5 Å². The Balaban J connectivity index is 2.90. The maximum atomic E-state index is 3.73. The van der Waals surface area contributed by atoms with Crippen LogP contribution >= 0.6 is 0 Å². The number of hydrogen-bond acceptors (Lipinski definition) is 1. The van der Waals surface area contributed by atoms with Crippen molar-refractivity contribution in [3.63, 3.8) is 0 Å². The van der Waals surface area contributed by atoms with Gasteiger partial charge in [0.1, 0.15) is 0 Å². The highest BCUT2D eigenvalue weighted by Gasteiger charge is 2.28. The number of nitrogens with one attached hydrogen (secondary N) is 1. The highest BCUT2D eigenvalue weighted by molar-refractivity contribution is 5.26. The summed E-state index contributed by atoms with van der Waals surface area (Å²) >= 11 is 0. The second-order valence-corrected chi connectivity index (χ2v) is 6.22. The van der Waals surface area contributed by atoms with Crippen molar-refractivity contribution in [1.82, 2.24) is 5.32 Å². The van der Waals surface area contributed by atoms with Crippen LogP contribution in [0.2, 0.25) is 0 Å². The third kappa shape index (κ3) is 4.65. The number of rotatable bonds is 8. The molecule has 19 heavy (non-hydrogen) atoms. The Labute approximate surface area is 119 Å². The SMILES string of the molecule is CCCNC(c1ccc(CCC)cc1)C(C)(C)CC.